The summed E-state index contributed by atoms with van der Waals surface area (Å²) in [4.78, 5) is 0. The van der Waals surface area contributed by atoms with Gasteiger partial charge in [-0.05, 0) is 45.3 Å². The Morgan fingerprint density at radius 3 is 2.21 bits per heavy atom. The Labute approximate surface area is 112 Å². The van der Waals surface area contributed by atoms with Crippen LogP contribution in [-0.4, -0.2) is 30.9 Å². The van der Waals surface area contributed by atoms with Crippen LogP contribution in [0.2, 0.25) is 0 Å². The Morgan fingerprint density at radius 2 is 1.74 bits per heavy atom. The van der Waals surface area contributed by atoms with Gasteiger partial charge in [0.1, 0.15) is 0 Å². The van der Waals surface area contributed by atoms with Crippen LogP contribution in [0.3, 0.4) is 0 Å². The molecule has 0 amide bonds. The number of benzene rings is 1. The molecule has 19 heavy (non-hydrogen) atoms. The fourth-order valence-electron chi connectivity index (χ4n) is 1.16. The number of aliphatic hydroxyl groups is 1. The van der Waals surface area contributed by atoms with Gasteiger partial charge in [-0.25, -0.2) is 4.39 Å². The van der Waals surface area contributed by atoms with E-state index in [4.69, 9.17) is 9.39 Å². The summed E-state index contributed by atoms with van der Waals surface area (Å²) >= 11 is 0. The van der Waals surface area contributed by atoms with Crippen molar-refractivity contribution in [1.29, 1.82) is 0 Å². The molecule has 1 rings (SSSR count). The Balaban J connectivity index is 2.88. The van der Waals surface area contributed by atoms with E-state index < -0.39 is 22.8 Å². The molecule has 0 unspecified atom stereocenters. The van der Waals surface area contributed by atoms with Crippen LogP contribution in [0.1, 0.15) is 27.7 Å². The van der Waals surface area contributed by atoms with E-state index in [2.05, 4.69) is 0 Å². The normalized spacial score (nSPS) is 12.4. The average molecular weight is 271 g/mol. The minimum absolute atomic E-state index is 0.198. The number of ether oxygens (including phenoxy) is 1. The van der Waals surface area contributed by atoms with Crippen molar-refractivity contribution in [2.45, 2.75) is 38.9 Å². The molecule has 3 nitrogen and oxygen atoms in total. The molecule has 0 aliphatic rings. The van der Waals surface area contributed by atoms with Gasteiger partial charge >= 0.3 is 7.48 Å². The van der Waals surface area contributed by atoms with Gasteiger partial charge in [0, 0.05) is 0 Å². The third kappa shape index (κ3) is 3.67. The van der Waals surface area contributed by atoms with Crippen LogP contribution in [0.5, 0.6) is 5.75 Å². The number of hydrogen-bond acceptors (Lipinski definition) is 3. The van der Waals surface area contributed by atoms with Crippen LogP contribution in [0.25, 0.3) is 0 Å². The second kappa shape index (κ2) is 5.47. The zero-order valence-corrected chi connectivity index (χ0v) is 11.8. The first-order chi connectivity index (χ1) is 8.58. The van der Waals surface area contributed by atoms with Crippen LogP contribution in [0, 0.1) is 11.6 Å². The van der Waals surface area contributed by atoms with Gasteiger partial charge in [0.2, 0.25) is 5.82 Å². The molecule has 1 radical (unpaired) electrons. The first kappa shape index (κ1) is 15.9. The topological polar surface area (TPSA) is 38.7 Å². The van der Waals surface area contributed by atoms with Gasteiger partial charge in [0.05, 0.1) is 18.3 Å². The van der Waals surface area contributed by atoms with Crippen molar-refractivity contribution in [1.82, 2.24) is 0 Å². The Hall–Kier alpha value is -1.14. The minimum Gasteiger partial charge on any atom is -0.494 e. The van der Waals surface area contributed by atoms with Crippen LogP contribution in [-0.2, 0) is 4.65 Å². The Kier molecular flexibility index (Phi) is 4.58. The Morgan fingerprint density at radius 1 is 1.16 bits per heavy atom. The van der Waals surface area contributed by atoms with Crippen molar-refractivity contribution in [3.63, 3.8) is 0 Å². The van der Waals surface area contributed by atoms with Crippen molar-refractivity contribution in [2.24, 2.45) is 0 Å². The summed E-state index contributed by atoms with van der Waals surface area (Å²) in [5.41, 5.74) is -1.66. The van der Waals surface area contributed by atoms with Crippen molar-refractivity contribution in [3.05, 3.63) is 23.8 Å². The highest BCUT2D eigenvalue weighted by atomic mass is 19.2. The van der Waals surface area contributed by atoms with E-state index in [-0.39, 0.29) is 5.75 Å². The summed E-state index contributed by atoms with van der Waals surface area (Å²) in [7, 11) is 2.52. The zero-order valence-electron chi connectivity index (χ0n) is 11.8. The summed E-state index contributed by atoms with van der Waals surface area (Å²) in [6.45, 7) is 6.60. The first-order valence-electron chi connectivity index (χ1n) is 5.85. The molecule has 0 aliphatic heterocycles. The van der Waals surface area contributed by atoms with Gasteiger partial charge in [0.15, 0.2) is 11.6 Å². The zero-order chi connectivity index (χ0) is 14.8. The average Bonchev–Trinajstić information content (AvgIpc) is 2.29. The number of halogens is 2. The first-order valence-corrected chi connectivity index (χ1v) is 5.85. The molecule has 0 bridgehead atoms. The van der Waals surface area contributed by atoms with E-state index in [0.717, 1.165) is 6.07 Å². The summed E-state index contributed by atoms with van der Waals surface area (Å²) in [6.07, 6.45) is 0. The fourth-order valence-corrected chi connectivity index (χ4v) is 1.16. The predicted molar refractivity (Wildman–Crippen MR) is 69.8 cm³/mol. The SMILES string of the molecule is COc1cc([B]OC(C)(C)C(C)(C)O)cc(F)c1F. The lowest BCUT2D eigenvalue weighted by atomic mass is 9.82. The third-order valence-corrected chi connectivity index (χ3v) is 3.20. The second-order valence-electron chi connectivity index (χ2n) is 5.32. The molecule has 105 valence electrons. The molecule has 1 aromatic carbocycles. The molecule has 0 aliphatic carbocycles. The molecule has 1 N–H and O–H groups in total. The molecule has 0 heterocycles. The molecule has 1 aromatic rings. The van der Waals surface area contributed by atoms with Gasteiger partial charge in [0.25, 0.3) is 0 Å². The van der Waals surface area contributed by atoms with E-state index in [9.17, 15) is 13.9 Å². The van der Waals surface area contributed by atoms with Crippen molar-refractivity contribution < 1.29 is 23.3 Å². The Bertz CT molecular complexity index is 456. The summed E-state index contributed by atoms with van der Waals surface area (Å²) < 4.78 is 36.7. The third-order valence-electron chi connectivity index (χ3n) is 3.20. The van der Waals surface area contributed by atoms with E-state index in [1.165, 1.54) is 20.7 Å². The summed E-state index contributed by atoms with van der Waals surface area (Å²) in [5, 5.41) is 9.92. The highest BCUT2D eigenvalue weighted by Crippen LogP contribution is 2.24. The fraction of sp³-hybridized carbons (Fsp3) is 0.538. The standard InChI is InChI=1S/C13H18BF2O3/c1-12(2,17)13(3,4)19-14-8-6-9(15)11(16)10(7-8)18-5/h6-7,17H,1-5H3. The van der Waals surface area contributed by atoms with Crippen LogP contribution < -0.4 is 10.2 Å². The maximum atomic E-state index is 13.3. The maximum Gasteiger partial charge on any atom is 0.331 e. The molecule has 0 saturated carbocycles. The van der Waals surface area contributed by atoms with Gasteiger partial charge in [-0.3, -0.25) is 0 Å². The number of rotatable bonds is 5. The molecular formula is C13H18BF2O3. The van der Waals surface area contributed by atoms with Crippen LogP contribution >= 0.6 is 0 Å². The maximum absolute atomic E-state index is 13.3. The molecule has 0 aromatic heterocycles. The van der Waals surface area contributed by atoms with Crippen LogP contribution in [0.15, 0.2) is 12.1 Å². The lowest BCUT2D eigenvalue weighted by Gasteiger charge is -2.37. The smallest absolute Gasteiger partial charge is 0.331 e. The van der Waals surface area contributed by atoms with E-state index >= 15 is 0 Å². The van der Waals surface area contributed by atoms with E-state index in [1.807, 2.05) is 0 Å². The molecule has 0 fully saturated rings. The number of hydrogen-bond donors (Lipinski definition) is 1. The van der Waals surface area contributed by atoms with Gasteiger partial charge in [-0.2, -0.15) is 4.39 Å². The summed E-state index contributed by atoms with van der Waals surface area (Å²) in [5.74, 6) is -2.26. The highest BCUT2D eigenvalue weighted by molar-refractivity contribution is 6.47. The van der Waals surface area contributed by atoms with Gasteiger partial charge in [-0.15, -0.1) is 0 Å². The second-order valence-corrected chi connectivity index (χ2v) is 5.32. The van der Waals surface area contributed by atoms with Crippen molar-refractivity contribution >= 4 is 12.9 Å². The largest absolute Gasteiger partial charge is 0.494 e. The minimum atomic E-state index is -1.09. The molecule has 0 atom stereocenters. The number of methoxy groups -OCH3 is 1. The molecule has 0 spiro atoms. The highest BCUT2D eigenvalue weighted by Gasteiger charge is 2.35. The molecular weight excluding hydrogens is 253 g/mol. The van der Waals surface area contributed by atoms with Crippen molar-refractivity contribution in [2.75, 3.05) is 7.11 Å². The predicted octanol–water partition coefficient (Wildman–Crippen LogP) is 1.78. The molecule has 6 heteroatoms. The lowest BCUT2D eigenvalue weighted by molar-refractivity contribution is -0.0893. The monoisotopic (exact) mass is 271 g/mol. The van der Waals surface area contributed by atoms with E-state index in [0.29, 0.717) is 5.46 Å². The summed E-state index contributed by atoms with van der Waals surface area (Å²) in [6, 6.07) is 2.32. The van der Waals surface area contributed by atoms with Gasteiger partial charge < -0.3 is 14.5 Å². The molecule has 0 saturated heterocycles. The van der Waals surface area contributed by atoms with Gasteiger partial charge in [-0.1, -0.05) is 0 Å². The van der Waals surface area contributed by atoms with Crippen LogP contribution in [0.4, 0.5) is 8.78 Å². The lowest BCUT2D eigenvalue weighted by Crippen LogP contribution is -2.49. The van der Waals surface area contributed by atoms with E-state index in [1.54, 1.807) is 27.7 Å². The quantitative estimate of drug-likeness (QED) is 0.830. The van der Waals surface area contributed by atoms with Crippen molar-refractivity contribution in [3.8, 4) is 5.75 Å².